The van der Waals surface area contributed by atoms with Crippen LogP contribution in [0.1, 0.15) is 30.8 Å². The number of rotatable bonds is 6. The van der Waals surface area contributed by atoms with Gasteiger partial charge in [0.2, 0.25) is 0 Å². The summed E-state index contributed by atoms with van der Waals surface area (Å²) in [7, 11) is 0. The third-order valence-electron chi connectivity index (χ3n) is 4.76. The van der Waals surface area contributed by atoms with Crippen LogP contribution in [-0.4, -0.2) is 22.9 Å². The molecule has 6 heteroatoms. The Labute approximate surface area is 145 Å². The summed E-state index contributed by atoms with van der Waals surface area (Å²) in [6.45, 7) is 5.17. The largest absolute Gasteiger partial charge is 0.460 e. The van der Waals surface area contributed by atoms with Gasteiger partial charge in [-0.05, 0) is 37.6 Å². The van der Waals surface area contributed by atoms with E-state index >= 15 is 0 Å². The number of aromatic nitrogens is 2. The Morgan fingerprint density at radius 3 is 3.12 bits per heavy atom. The van der Waals surface area contributed by atoms with E-state index in [9.17, 15) is 4.39 Å². The fraction of sp³-hybridized carbons (Fsp3) is 0.421. The molecule has 1 fully saturated rings. The van der Waals surface area contributed by atoms with E-state index in [1.165, 1.54) is 12.1 Å². The van der Waals surface area contributed by atoms with Crippen molar-refractivity contribution < 1.29 is 13.5 Å². The summed E-state index contributed by atoms with van der Waals surface area (Å²) < 4.78 is 26.8. The van der Waals surface area contributed by atoms with Gasteiger partial charge in [0.25, 0.3) is 0 Å². The van der Waals surface area contributed by atoms with Crippen LogP contribution in [-0.2, 0) is 17.8 Å². The fourth-order valence-corrected chi connectivity index (χ4v) is 3.45. The van der Waals surface area contributed by atoms with Gasteiger partial charge in [-0.3, -0.25) is 4.68 Å². The second-order valence-corrected chi connectivity index (χ2v) is 6.50. The molecule has 5 nitrogen and oxygen atoms in total. The molecule has 3 heterocycles. The molecule has 25 heavy (non-hydrogen) atoms. The molecular formula is C19H22FN3O2. The number of hydrogen-bond donors (Lipinski definition) is 1. The lowest BCUT2D eigenvalue weighted by molar-refractivity contribution is 0.0902. The standard InChI is InChI=1S/C19H22FN3O2/c1-2-23-12-15(10-22-23)19-13(5-6-24-19)9-21-11-17-8-14-7-16(20)3-4-18(14)25-17/h3-4,7-8,10,12-13,19,21H,2,5-6,9,11H2,1H3. The second kappa shape index (κ2) is 6.98. The summed E-state index contributed by atoms with van der Waals surface area (Å²) >= 11 is 0. The molecule has 0 amide bonds. The molecule has 1 N–H and O–H groups in total. The Kier molecular flexibility index (Phi) is 4.55. The number of fused-ring (bicyclic) bond motifs is 1. The SMILES string of the molecule is CCn1cc(C2OCCC2CNCc2cc3cc(F)ccc3o2)cn1. The fourth-order valence-electron chi connectivity index (χ4n) is 3.45. The molecule has 4 rings (SSSR count). The minimum atomic E-state index is -0.244. The predicted octanol–water partition coefficient (Wildman–Crippen LogP) is 3.66. The molecule has 2 aromatic heterocycles. The molecule has 0 aliphatic carbocycles. The van der Waals surface area contributed by atoms with Crippen LogP contribution in [0.15, 0.2) is 41.1 Å². The van der Waals surface area contributed by atoms with Gasteiger partial charge >= 0.3 is 0 Å². The highest BCUT2D eigenvalue weighted by Crippen LogP contribution is 2.34. The zero-order valence-electron chi connectivity index (χ0n) is 14.2. The van der Waals surface area contributed by atoms with Crippen LogP contribution in [0.25, 0.3) is 11.0 Å². The van der Waals surface area contributed by atoms with Gasteiger partial charge in [0, 0.05) is 42.8 Å². The third-order valence-corrected chi connectivity index (χ3v) is 4.76. The zero-order valence-corrected chi connectivity index (χ0v) is 14.2. The number of halogens is 1. The van der Waals surface area contributed by atoms with E-state index in [0.29, 0.717) is 18.0 Å². The molecule has 1 aromatic carbocycles. The molecule has 2 unspecified atom stereocenters. The first-order valence-electron chi connectivity index (χ1n) is 8.75. The van der Waals surface area contributed by atoms with Gasteiger partial charge in [0.05, 0.1) is 18.8 Å². The molecule has 3 aromatic rings. The van der Waals surface area contributed by atoms with Crippen LogP contribution in [0.3, 0.4) is 0 Å². The van der Waals surface area contributed by atoms with Crippen LogP contribution >= 0.6 is 0 Å². The van der Waals surface area contributed by atoms with Crippen molar-refractivity contribution in [3.8, 4) is 0 Å². The van der Waals surface area contributed by atoms with Crippen molar-refractivity contribution in [3.05, 3.63) is 53.8 Å². The second-order valence-electron chi connectivity index (χ2n) is 6.50. The van der Waals surface area contributed by atoms with Crippen molar-refractivity contribution in [2.75, 3.05) is 13.2 Å². The topological polar surface area (TPSA) is 52.2 Å². The third kappa shape index (κ3) is 3.45. The maximum atomic E-state index is 13.3. The zero-order chi connectivity index (χ0) is 17.2. The lowest BCUT2D eigenvalue weighted by atomic mass is 9.97. The van der Waals surface area contributed by atoms with Crippen LogP contribution in [0, 0.1) is 11.7 Å². The summed E-state index contributed by atoms with van der Waals surface area (Å²) in [5.41, 5.74) is 1.86. The summed E-state index contributed by atoms with van der Waals surface area (Å²) in [5.74, 6) is 0.984. The van der Waals surface area contributed by atoms with Crippen molar-refractivity contribution in [2.45, 2.75) is 32.5 Å². The molecule has 0 saturated carbocycles. The normalized spacial score (nSPS) is 20.6. The van der Waals surface area contributed by atoms with E-state index in [1.54, 1.807) is 6.07 Å². The number of aryl methyl sites for hydroxylation is 1. The van der Waals surface area contributed by atoms with E-state index < -0.39 is 0 Å². The molecule has 1 saturated heterocycles. The van der Waals surface area contributed by atoms with Crippen molar-refractivity contribution in [1.29, 1.82) is 0 Å². The number of ether oxygens (including phenoxy) is 1. The number of hydrogen-bond acceptors (Lipinski definition) is 4. The Bertz CT molecular complexity index is 857. The Balaban J connectivity index is 1.36. The molecule has 0 radical (unpaired) electrons. The van der Waals surface area contributed by atoms with Crippen LogP contribution < -0.4 is 5.32 Å². The lowest BCUT2D eigenvalue weighted by Gasteiger charge is -2.17. The van der Waals surface area contributed by atoms with E-state index in [2.05, 4.69) is 23.5 Å². The number of furan rings is 1. The number of nitrogens with one attached hydrogen (secondary N) is 1. The van der Waals surface area contributed by atoms with Gasteiger partial charge in [-0.1, -0.05) is 0 Å². The minimum absolute atomic E-state index is 0.0950. The average molecular weight is 343 g/mol. The first kappa shape index (κ1) is 16.3. The smallest absolute Gasteiger partial charge is 0.134 e. The first-order chi connectivity index (χ1) is 12.2. The Morgan fingerprint density at radius 2 is 2.28 bits per heavy atom. The average Bonchev–Trinajstić information content (AvgIpc) is 3.32. The molecule has 132 valence electrons. The van der Waals surface area contributed by atoms with Gasteiger partial charge in [-0.25, -0.2) is 4.39 Å². The van der Waals surface area contributed by atoms with Crippen LogP contribution in [0.2, 0.25) is 0 Å². The highest BCUT2D eigenvalue weighted by atomic mass is 19.1. The quantitative estimate of drug-likeness (QED) is 0.742. The van der Waals surface area contributed by atoms with Crippen LogP contribution in [0.4, 0.5) is 4.39 Å². The molecule has 1 aliphatic heterocycles. The Morgan fingerprint density at radius 1 is 1.36 bits per heavy atom. The Hall–Kier alpha value is -2.18. The predicted molar refractivity (Wildman–Crippen MR) is 92.6 cm³/mol. The van der Waals surface area contributed by atoms with E-state index in [0.717, 1.165) is 42.8 Å². The van der Waals surface area contributed by atoms with Gasteiger partial charge in [-0.2, -0.15) is 5.10 Å². The summed E-state index contributed by atoms with van der Waals surface area (Å²) in [4.78, 5) is 0. The molecule has 0 bridgehead atoms. The summed E-state index contributed by atoms with van der Waals surface area (Å²) in [6, 6.07) is 6.47. The monoisotopic (exact) mass is 343 g/mol. The lowest BCUT2D eigenvalue weighted by Crippen LogP contribution is -2.24. The van der Waals surface area contributed by atoms with Gasteiger partial charge < -0.3 is 14.5 Å². The molecule has 0 spiro atoms. The van der Waals surface area contributed by atoms with Crippen molar-refractivity contribution in [1.82, 2.24) is 15.1 Å². The summed E-state index contributed by atoms with van der Waals surface area (Å²) in [6.07, 6.45) is 5.09. The maximum Gasteiger partial charge on any atom is 0.134 e. The van der Waals surface area contributed by atoms with Crippen molar-refractivity contribution in [2.24, 2.45) is 5.92 Å². The molecular weight excluding hydrogens is 321 g/mol. The molecule has 1 aliphatic rings. The first-order valence-corrected chi connectivity index (χ1v) is 8.75. The van der Waals surface area contributed by atoms with Crippen molar-refractivity contribution >= 4 is 11.0 Å². The summed E-state index contributed by atoms with van der Waals surface area (Å²) in [5, 5.41) is 8.59. The van der Waals surface area contributed by atoms with Gasteiger partial charge in [0.1, 0.15) is 17.2 Å². The van der Waals surface area contributed by atoms with Gasteiger partial charge in [-0.15, -0.1) is 0 Å². The highest BCUT2D eigenvalue weighted by molar-refractivity contribution is 5.77. The van der Waals surface area contributed by atoms with Crippen LogP contribution in [0.5, 0.6) is 0 Å². The highest BCUT2D eigenvalue weighted by Gasteiger charge is 2.30. The molecule has 2 atom stereocenters. The maximum absolute atomic E-state index is 13.3. The van der Waals surface area contributed by atoms with E-state index in [-0.39, 0.29) is 11.9 Å². The van der Waals surface area contributed by atoms with E-state index in [4.69, 9.17) is 9.15 Å². The number of nitrogens with zero attached hydrogens (tertiary/aromatic N) is 2. The number of benzene rings is 1. The van der Waals surface area contributed by atoms with Gasteiger partial charge in [0.15, 0.2) is 0 Å². The van der Waals surface area contributed by atoms with Crippen molar-refractivity contribution in [3.63, 3.8) is 0 Å². The minimum Gasteiger partial charge on any atom is -0.460 e. The van der Waals surface area contributed by atoms with E-state index in [1.807, 2.05) is 16.9 Å².